The van der Waals surface area contributed by atoms with Gasteiger partial charge in [-0.1, -0.05) is 0 Å². The highest BCUT2D eigenvalue weighted by atomic mass is 18.2. The third kappa shape index (κ3) is 2.17. The Bertz CT molecular complexity index is 548. The molecule has 0 unspecified atom stereocenters. The van der Waals surface area contributed by atoms with Crippen LogP contribution in [0.1, 0.15) is 10.4 Å². The number of rotatable bonds is 2. The molecule has 2 rings (SSSR count). The molecule has 0 fully saturated rings. The quantitative estimate of drug-likeness (QED) is 0.751. The van der Waals surface area contributed by atoms with E-state index in [1.54, 1.807) is 0 Å². The van der Waals surface area contributed by atoms with Crippen LogP contribution in [0.3, 0.4) is 0 Å². The van der Waals surface area contributed by atoms with Crippen LogP contribution in [-0.4, -0.2) is 25.9 Å². The average Bonchev–Trinajstić information content (AvgIpc) is 2.61. The number of hydrogen-bond donors (Lipinski definition) is 2. The van der Waals surface area contributed by atoms with Gasteiger partial charge in [0, 0.05) is 24.4 Å². The van der Waals surface area contributed by atoms with Crippen molar-refractivity contribution >= 4 is 5.97 Å². The summed E-state index contributed by atoms with van der Waals surface area (Å²) in [5.41, 5.74) is -0.0926. The first-order valence-corrected chi connectivity index (χ1v) is 4.52. The lowest BCUT2D eigenvalue weighted by atomic mass is 10.3. The summed E-state index contributed by atoms with van der Waals surface area (Å²) in [5.74, 6) is -2.68. The van der Waals surface area contributed by atoms with Crippen molar-refractivity contribution < 1.29 is 24.2 Å². The highest BCUT2D eigenvalue weighted by Gasteiger charge is 2.14. The van der Waals surface area contributed by atoms with E-state index < -0.39 is 23.7 Å². The third-order valence-corrected chi connectivity index (χ3v) is 1.93. The van der Waals surface area contributed by atoms with E-state index in [2.05, 4.69) is 9.82 Å². The first-order valence-electron chi connectivity index (χ1n) is 4.52. The van der Waals surface area contributed by atoms with Crippen LogP contribution in [-0.2, 0) is 0 Å². The molecule has 0 aliphatic rings. The molecule has 2 heterocycles. The molecule has 0 atom stereocenters. The van der Waals surface area contributed by atoms with Gasteiger partial charge in [-0.3, -0.25) is 0 Å². The molecular formula is C10H7FN2O4. The Balaban J connectivity index is 2.23. The van der Waals surface area contributed by atoms with Gasteiger partial charge in [-0.05, 0) is 6.07 Å². The summed E-state index contributed by atoms with van der Waals surface area (Å²) in [6.07, 6.45) is 1.10. The zero-order valence-corrected chi connectivity index (χ0v) is 8.37. The van der Waals surface area contributed by atoms with E-state index in [0.717, 1.165) is 24.4 Å². The molecule has 2 aromatic rings. The van der Waals surface area contributed by atoms with E-state index in [0.29, 0.717) is 4.73 Å². The number of carbonyl (C=O) groups excluding carboxylic acids is 1. The lowest BCUT2D eigenvalue weighted by Crippen LogP contribution is -2.19. The van der Waals surface area contributed by atoms with Gasteiger partial charge in [0.25, 0.3) is 0 Å². The minimum atomic E-state index is -0.937. The Morgan fingerprint density at radius 2 is 1.94 bits per heavy atom. The summed E-state index contributed by atoms with van der Waals surface area (Å²) in [7, 11) is 0. The van der Waals surface area contributed by atoms with E-state index in [-0.39, 0.29) is 5.56 Å². The second-order valence-electron chi connectivity index (χ2n) is 3.09. The summed E-state index contributed by atoms with van der Waals surface area (Å²) in [6, 6.07) is 4.38. The van der Waals surface area contributed by atoms with Gasteiger partial charge in [0.1, 0.15) is 0 Å². The molecule has 0 aromatic carbocycles. The predicted molar refractivity (Wildman–Crippen MR) is 52.9 cm³/mol. The zero-order valence-electron chi connectivity index (χ0n) is 8.37. The fraction of sp³-hybridized carbons (Fsp3) is 0. The topological polar surface area (TPSA) is 84.6 Å². The molecule has 0 saturated heterocycles. The summed E-state index contributed by atoms with van der Waals surface area (Å²) in [6.45, 7) is 0. The minimum Gasteiger partial charge on any atom is -0.492 e. The molecule has 0 saturated carbocycles. The van der Waals surface area contributed by atoms with E-state index in [9.17, 15) is 19.4 Å². The first-order chi connectivity index (χ1) is 8.08. The van der Waals surface area contributed by atoms with Crippen LogP contribution >= 0.6 is 0 Å². The lowest BCUT2D eigenvalue weighted by molar-refractivity contribution is 0.0381. The van der Waals surface area contributed by atoms with Crippen molar-refractivity contribution in [3.63, 3.8) is 0 Å². The summed E-state index contributed by atoms with van der Waals surface area (Å²) < 4.78 is 13.3. The first kappa shape index (κ1) is 10.9. The van der Waals surface area contributed by atoms with Gasteiger partial charge in [0.15, 0.2) is 0 Å². The van der Waals surface area contributed by atoms with Crippen LogP contribution in [0.25, 0.3) is 0 Å². The number of carbonyl (C=O) groups is 1. The molecule has 0 spiro atoms. The second-order valence-corrected chi connectivity index (χ2v) is 3.09. The number of aromatic hydroxyl groups is 2. The van der Waals surface area contributed by atoms with Gasteiger partial charge in [-0.25, -0.2) is 9.78 Å². The third-order valence-electron chi connectivity index (χ3n) is 1.93. The summed E-state index contributed by atoms with van der Waals surface area (Å²) in [4.78, 5) is 19.4. The largest absolute Gasteiger partial charge is 0.492 e. The number of halogens is 1. The Labute approximate surface area is 94.5 Å². The standard InChI is InChI=1S/C10H7FN2O4/c11-7-5-6(3-4-12-7)10(16)17-13-8(14)1-2-9(13)15/h1-5,14-15H/i11-1. The number of hydrogen-bond acceptors (Lipinski definition) is 5. The van der Waals surface area contributed by atoms with Crippen molar-refractivity contribution in [1.82, 2.24) is 9.71 Å². The van der Waals surface area contributed by atoms with Gasteiger partial charge in [-0.15, -0.1) is 4.73 Å². The maximum atomic E-state index is 12.7. The van der Waals surface area contributed by atoms with Crippen LogP contribution in [0.5, 0.6) is 11.8 Å². The van der Waals surface area contributed by atoms with E-state index in [1.165, 1.54) is 6.07 Å². The predicted octanol–water partition coefficient (Wildman–Crippen LogP) is 0.702. The molecule has 0 amide bonds. The highest BCUT2D eigenvalue weighted by molar-refractivity contribution is 5.89. The van der Waals surface area contributed by atoms with Crippen molar-refractivity contribution in [1.29, 1.82) is 0 Å². The Morgan fingerprint density at radius 3 is 2.53 bits per heavy atom. The average molecular weight is 237 g/mol. The van der Waals surface area contributed by atoms with Gasteiger partial charge in [0.05, 0.1) is 5.56 Å². The van der Waals surface area contributed by atoms with Crippen molar-refractivity contribution in [2.75, 3.05) is 0 Å². The number of nitrogens with zero attached hydrogens (tertiary/aromatic N) is 2. The fourth-order valence-corrected chi connectivity index (χ4v) is 1.16. The maximum Gasteiger partial charge on any atom is 0.364 e. The van der Waals surface area contributed by atoms with Crippen LogP contribution in [0.4, 0.5) is 4.39 Å². The molecule has 0 aliphatic heterocycles. The van der Waals surface area contributed by atoms with Crippen LogP contribution in [0.2, 0.25) is 0 Å². The van der Waals surface area contributed by atoms with E-state index in [4.69, 9.17) is 0 Å². The van der Waals surface area contributed by atoms with Crippen LogP contribution in [0, 0.1) is 5.95 Å². The molecule has 0 aliphatic carbocycles. The molecule has 17 heavy (non-hydrogen) atoms. The molecule has 7 heteroatoms. The molecule has 2 aromatic heterocycles. The van der Waals surface area contributed by atoms with Gasteiger partial charge in [-0.2, -0.15) is 4.39 Å². The zero-order chi connectivity index (χ0) is 12.4. The number of aromatic nitrogens is 2. The lowest BCUT2D eigenvalue weighted by Gasteiger charge is -2.06. The van der Waals surface area contributed by atoms with Gasteiger partial charge >= 0.3 is 5.97 Å². The molecule has 6 nitrogen and oxygen atoms in total. The highest BCUT2D eigenvalue weighted by Crippen LogP contribution is 2.19. The minimum absolute atomic E-state index is 0.0926. The van der Waals surface area contributed by atoms with Gasteiger partial charge in [0.2, 0.25) is 17.7 Å². The second kappa shape index (κ2) is 4.12. The maximum absolute atomic E-state index is 12.7. The molecule has 0 bridgehead atoms. The Hall–Kier alpha value is -2.57. The summed E-state index contributed by atoms with van der Waals surface area (Å²) >= 11 is 0. The molecule has 0 radical (unpaired) electrons. The molecule has 2 N–H and O–H groups in total. The normalized spacial score (nSPS) is 10.2. The number of pyridine rings is 1. The monoisotopic (exact) mass is 237 g/mol. The Morgan fingerprint density at radius 1 is 1.29 bits per heavy atom. The smallest absolute Gasteiger partial charge is 0.364 e. The van der Waals surface area contributed by atoms with Crippen molar-refractivity contribution in [3.8, 4) is 11.8 Å². The van der Waals surface area contributed by atoms with Gasteiger partial charge < -0.3 is 15.1 Å². The fourth-order valence-electron chi connectivity index (χ4n) is 1.16. The van der Waals surface area contributed by atoms with E-state index in [1.807, 2.05) is 0 Å². The van der Waals surface area contributed by atoms with Crippen molar-refractivity contribution in [3.05, 3.63) is 42.0 Å². The van der Waals surface area contributed by atoms with Crippen molar-refractivity contribution in [2.45, 2.75) is 0 Å². The Kier molecular flexibility index (Phi) is 2.65. The molecular weight excluding hydrogens is 230 g/mol. The van der Waals surface area contributed by atoms with Crippen LogP contribution < -0.4 is 4.84 Å². The van der Waals surface area contributed by atoms with Crippen molar-refractivity contribution in [2.24, 2.45) is 0 Å². The summed E-state index contributed by atoms with van der Waals surface area (Å²) in [5, 5.41) is 18.4. The van der Waals surface area contributed by atoms with E-state index >= 15 is 0 Å². The molecule has 88 valence electrons. The SMILES string of the molecule is O=C(On1c(O)ccc1O)c1ccnc([18F])c1. The van der Waals surface area contributed by atoms with Crippen LogP contribution in [0.15, 0.2) is 30.5 Å².